The fourth-order valence-electron chi connectivity index (χ4n) is 3.18. The molecule has 1 aromatic rings. The molecule has 1 heterocycles. The number of nitrogens with zero attached hydrogens (tertiary/aromatic N) is 3. The van der Waals surface area contributed by atoms with Gasteiger partial charge in [-0.3, -0.25) is 9.59 Å². The molecule has 0 aromatic heterocycles. The summed E-state index contributed by atoms with van der Waals surface area (Å²) in [6.45, 7) is 5.27. The number of carbonyl (C=O) groups excluding carboxylic acids is 2. The van der Waals surface area contributed by atoms with Gasteiger partial charge >= 0.3 is 0 Å². The normalized spacial score (nSPS) is 14.5. The number of aliphatic imine (C=N–C) groups is 1. The lowest BCUT2D eigenvalue weighted by molar-refractivity contribution is -0.130. The van der Waals surface area contributed by atoms with E-state index >= 15 is 0 Å². The van der Waals surface area contributed by atoms with Crippen LogP contribution in [-0.4, -0.2) is 74.4 Å². The molecule has 0 bridgehead atoms. The molecule has 0 aliphatic carbocycles. The second-order valence-corrected chi connectivity index (χ2v) is 7.21. The summed E-state index contributed by atoms with van der Waals surface area (Å²) in [5, 5.41) is 6.45. The number of carbonyl (C=O) groups is 2. The third-order valence-corrected chi connectivity index (χ3v) is 4.71. The Labute approximate surface area is 168 Å². The van der Waals surface area contributed by atoms with E-state index in [1.165, 1.54) is 6.42 Å². The second-order valence-electron chi connectivity index (χ2n) is 7.21. The molecule has 1 aromatic carbocycles. The minimum absolute atomic E-state index is 0.000866. The molecule has 1 aliphatic heterocycles. The van der Waals surface area contributed by atoms with E-state index in [1.807, 2.05) is 36.1 Å². The Morgan fingerprint density at radius 1 is 1.14 bits per heavy atom. The number of nitrogens with one attached hydrogen (secondary N) is 2. The molecule has 0 unspecified atom stereocenters. The van der Waals surface area contributed by atoms with E-state index in [4.69, 9.17) is 0 Å². The van der Waals surface area contributed by atoms with Gasteiger partial charge in [0.2, 0.25) is 5.91 Å². The van der Waals surface area contributed by atoms with Crippen LogP contribution in [0, 0.1) is 0 Å². The van der Waals surface area contributed by atoms with Crippen LogP contribution in [0.2, 0.25) is 0 Å². The number of hydrogen-bond acceptors (Lipinski definition) is 3. The summed E-state index contributed by atoms with van der Waals surface area (Å²) >= 11 is 0. The van der Waals surface area contributed by atoms with Crippen molar-refractivity contribution >= 4 is 17.8 Å². The number of likely N-dealkylation sites (tertiary alicyclic amines) is 1. The maximum absolute atomic E-state index is 12.3. The van der Waals surface area contributed by atoms with Gasteiger partial charge in [-0.2, -0.15) is 0 Å². The third-order valence-electron chi connectivity index (χ3n) is 4.71. The van der Waals surface area contributed by atoms with Crippen LogP contribution in [0.3, 0.4) is 0 Å². The van der Waals surface area contributed by atoms with Crippen molar-refractivity contribution < 1.29 is 9.59 Å². The van der Waals surface area contributed by atoms with Gasteiger partial charge in [0.25, 0.3) is 5.91 Å². The number of piperidine rings is 1. The Morgan fingerprint density at radius 3 is 2.57 bits per heavy atom. The molecule has 2 N–H and O–H groups in total. The molecule has 2 rings (SSSR count). The van der Waals surface area contributed by atoms with E-state index in [0.717, 1.165) is 44.5 Å². The van der Waals surface area contributed by atoms with Gasteiger partial charge in [0.15, 0.2) is 5.96 Å². The van der Waals surface area contributed by atoms with Crippen molar-refractivity contribution in [1.29, 1.82) is 0 Å². The lowest BCUT2D eigenvalue weighted by atomic mass is 10.1. The molecule has 0 spiro atoms. The van der Waals surface area contributed by atoms with E-state index in [1.54, 1.807) is 19.0 Å². The Hall–Kier alpha value is -2.57. The van der Waals surface area contributed by atoms with Gasteiger partial charge in [-0.25, -0.2) is 4.99 Å². The summed E-state index contributed by atoms with van der Waals surface area (Å²) in [5.41, 5.74) is 1.77. The molecule has 1 fully saturated rings. The highest BCUT2D eigenvalue weighted by Crippen LogP contribution is 2.09. The number of rotatable bonds is 7. The number of hydrogen-bond donors (Lipinski definition) is 2. The smallest absolute Gasteiger partial charge is 0.253 e. The third kappa shape index (κ3) is 6.87. The predicted octanol–water partition coefficient (Wildman–Crippen LogP) is 1.50. The Bertz CT molecular complexity index is 681. The fraction of sp³-hybridized carbons (Fsp3) is 0.571. The second kappa shape index (κ2) is 11.3. The molecule has 1 saturated heterocycles. The van der Waals surface area contributed by atoms with Crippen molar-refractivity contribution in [2.24, 2.45) is 4.99 Å². The first-order valence-electron chi connectivity index (χ1n) is 10.1. The van der Waals surface area contributed by atoms with Crippen molar-refractivity contribution in [2.45, 2.75) is 32.6 Å². The maximum atomic E-state index is 12.3. The Morgan fingerprint density at radius 2 is 1.89 bits per heavy atom. The number of benzene rings is 1. The standard InChI is InChI=1S/C21H33N5O2/c1-4-22-21(24-16-19(27)26-13-6-5-7-14-26)23-12-11-17-9-8-10-18(15-17)20(28)25(2)3/h8-10,15H,4-7,11-14,16H2,1-3H3,(H2,22,23,24). The monoisotopic (exact) mass is 387 g/mol. The van der Waals surface area contributed by atoms with Gasteiger partial charge in [-0.15, -0.1) is 0 Å². The molecule has 0 atom stereocenters. The number of amides is 2. The molecule has 154 valence electrons. The summed E-state index contributed by atoms with van der Waals surface area (Å²) in [6.07, 6.45) is 4.14. The quantitative estimate of drug-likeness (QED) is 0.549. The van der Waals surface area contributed by atoms with Gasteiger partial charge in [-0.1, -0.05) is 12.1 Å². The zero-order chi connectivity index (χ0) is 20.4. The first kappa shape index (κ1) is 21.7. The Kier molecular flexibility index (Phi) is 8.78. The summed E-state index contributed by atoms with van der Waals surface area (Å²) in [7, 11) is 3.50. The molecule has 7 nitrogen and oxygen atoms in total. The first-order chi connectivity index (χ1) is 13.5. The molecule has 2 amide bonds. The molecule has 0 saturated carbocycles. The van der Waals surface area contributed by atoms with Gasteiger partial charge < -0.3 is 20.4 Å². The zero-order valence-electron chi connectivity index (χ0n) is 17.3. The SMILES string of the molecule is CCNC(=NCC(=O)N1CCCCC1)NCCc1cccc(C(=O)N(C)C)c1. The van der Waals surface area contributed by atoms with Crippen LogP contribution >= 0.6 is 0 Å². The van der Waals surface area contributed by atoms with E-state index in [0.29, 0.717) is 18.1 Å². The minimum Gasteiger partial charge on any atom is -0.357 e. The van der Waals surface area contributed by atoms with Crippen LogP contribution in [0.5, 0.6) is 0 Å². The lowest BCUT2D eigenvalue weighted by Gasteiger charge is -2.26. The molecule has 28 heavy (non-hydrogen) atoms. The average Bonchev–Trinajstić information content (AvgIpc) is 2.72. The summed E-state index contributed by atoms with van der Waals surface area (Å²) in [4.78, 5) is 32.3. The predicted molar refractivity (Wildman–Crippen MR) is 113 cm³/mol. The molecular weight excluding hydrogens is 354 g/mol. The highest BCUT2D eigenvalue weighted by atomic mass is 16.2. The van der Waals surface area contributed by atoms with Crippen LogP contribution in [0.4, 0.5) is 0 Å². The average molecular weight is 388 g/mol. The van der Waals surface area contributed by atoms with E-state index in [9.17, 15) is 9.59 Å². The van der Waals surface area contributed by atoms with Crippen LogP contribution in [0.15, 0.2) is 29.3 Å². The molecular formula is C21H33N5O2. The van der Waals surface area contributed by atoms with Crippen LogP contribution in [0.1, 0.15) is 42.1 Å². The zero-order valence-corrected chi connectivity index (χ0v) is 17.3. The summed E-state index contributed by atoms with van der Waals surface area (Å²) in [6, 6.07) is 7.67. The van der Waals surface area contributed by atoms with E-state index in [2.05, 4.69) is 15.6 Å². The fourth-order valence-corrected chi connectivity index (χ4v) is 3.18. The minimum atomic E-state index is 0.000866. The van der Waals surface area contributed by atoms with Gasteiger partial charge in [0, 0.05) is 45.8 Å². The maximum Gasteiger partial charge on any atom is 0.253 e. The number of guanidine groups is 1. The highest BCUT2D eigenvalue weighted by molar-refractivity contribution is 5.94. The van der Waals surface area contributed by atoms with E-state index < -0.39 is 0 Å². The lowest BCUT2D eigenvalue weighted by Crippen LogP contribution is -2.41. The van der Waals surface area contributed by atoms with Crippen LogP contribution in [-0.2, 0) is 11.2 Å². The van der Waals surface area contributed by atoms with Gasteiger partial charge in [-0.05, 0) is 50.3 Å². The van der Waals surface area contributed by atoms with Crippen molar-refractivity contribution in [3.63, 3.8) is 0 Å². The summed E-state index contributed by atoms with van der Waals surface area (Å²) < 4.78 is 0. The van der Waals surface area contributed by atoms with Gasteiger partial charge in [0.05, 0.1) is 0 Å². The largest absolute Gasteiger partial charge is 0.357 e. The molecule has 0 radical (unpaired) electrons. The highest BCUT2D eigenvalue weighted by Gasteiger charge is 2.16. The van der Waals surface area contributed by atoms with Crippen molar-refractivity contribution in [2.75, 3.05) is 46.8 Å². The first-order valence-corrected chi connectivity index (χ1v) is 10.1. The molecule has 1 aliphatic rings. The molecule has 7 heteroatoms. The van der Waals surface area contributed by atoms with Crippen LogP contribution < -0.4 is 10.6 Å². The van der Waals surface area contributed by atoms with Crippen molar-refractivity contribution in [1.82, 2.24) is 20.4 Å². The van der Waals surface area contributed by atoms with Gasteiger partial charge in [0.1, 0.15) is 6.54 Å². The topological polar surface area (TPSA) is 77.0 Å². The summed E-state index contributed by atoms with van der Waals surface area (Å²) in [5.74, 6) is 0.737. The Balaban J connectivity index is 1.86. The van der Waals surface area contributed by atoms with Crippen molar-refractivity contribution in [3.05, 3.63) is 35.4 Å². The van der Waals surface area contributed by atoms with Crippen LogP contribution in [0.25, 0.3) is 0 Å². The van der Waals surface area contributed by atoms with Crippen molar-refractivity contribution in [3.8, 4) is 0 Å². The van der Waals surface area contributed by atoms with E-state index in [-0.39, 0.29) is 18.4 Å².